The maximum atomic E-state index is 12.4. The van der Waals surface area contributed by atoms with Crippen LogP contribution < -0.4 is 0 Å². The van der Waals surface area contributed by atoms with Gasteiger partial charge in [-0.3, -0.25) is 0 Å². The summed E-state index contributed by atoms with van der Waals surface area (Å²) in [6, 6.07) is 18.3. The van der Waals surface area contributed by atoms with Crippen molar-refractivity contribution in [2.75, 3.05) is 0 Å². The summed E-state index contributed by atoms with van der Waals surface area (Å²) in [7, 11) is 0. The van der Waals surface area contributed by atoms with Crippen LogP contribution in [0.4, 0.5) is 0 Å². The molecule has 0 fully saturated rings. The molecule has 0 aromatic heterocycles. The number of hydrogen-bond donors (Lipinski definition) is 1. The van der Waals surface area contributed by atoms with Crippen molar-refractivity contribution in [3.05, 3.63) is 77.9 Å². The fourth-order valence-corrected chi connectivity index (χ4v) is 2.75. The lowest BCUT2D eigenvalue weighted by atomic mass is 9.75. The van der Waals surface area contributed by atoms with Crippen molar-refractivity contribution in [1.82, 2.24) is 0 Å². The van der Waals surface area contributed by atoms with E-state index in [9.17, 15) is 9.90 Å². The van der Waals surface area contributed by atoms with Gasteiger partial charge in [0.2, 0.25) is 5.79 Å². The highest BCUT2D eigenvalue weighted by atomic mass is 16.7. The molecule has 3 nitrogen and oxygen atoms in total. The van der Waals surface area contributed by atoms with Crippen molar-refractivity contribution in [2.24, 2.45) is 5.41 Å². The number of ether oxygens (including phenoxy) is 1. The fourth-order valence-electron chi connectivity index (χ4n) is 2.75. The molecule has 1 heterocycles. The van der Waals surface area contributed by atoms with E-state index in [0.717, 1.165) is 5.56 Å². The van der Waals surface area contributed by atoms with Crippen LogP contribution in [-0.4, -0.2) is 11.1 Å². The van der Waals surface area contributed by atoms with Gasteiger partial charge in [0.25, 0.3) is 0 Å². The first kappa shape index (κ1) is 14.5. The van der Waals surface area contributed by atoms with Crippen LogP contribution in [0.3, 0.4) is 0 Å². The molecule has 0 radical (unpaired) electrons. The summed E-state index contributed by atoms with van der Waals surface area (Å²) in [6.45, 7) is 3.71. The summed E-state index contributed by atoms with van der Waals surface area (Å²) in [5.74, 6) is -2.19. The minimum atomic E-state index is -1.68. The van der Waals surface area contributed by atoms with Crippen molar-refractivity contribution in [1.29, 1.82) is 0 Å². The lowest BCUT2D eigenvalue weighted by Gasteiger charge is -2.43. The molecule has 22 heavy (non-hydrogen) atoms. The molecule has 0 saturated carbocycles. The molecule has 1 N–H and O–H groups in total. The van der Waals surface area contributed by atoms with Gasteiger partial charge >= 0.3 is 5.97 Å². The van der Waals surface area contributed by atoms with E-state index in [2.05, 4.69) is 0 Å². The van der Waals surface area contributed by atoms with Crippen LogP contribution in [0.25, 0.3) is 5.57 Å². The van der Waals surface area contributed by atoms with Gasteiger partial charge in [0.1, 0.15) is 0 Å². The van der Waals surface area contributed by atoms with Crippen LogP contribution in [0.5, 0.6) is 0 Å². The van der Waals surface area contributed by atoms with Crippen molar-refractivity contribution in [2.45, 2.75) is 19.6 Å². The number of cyclic esters (lactones) is 1. The fraction of sp³-hybridized carbons (Fsp3) is 0.211. The number of carbonyl (C=O) groups excluding carboxylic acids is 1. The molecule has 3 rings (SSSR count). The molecule has 1 aliphatic heterocycles. The van der Waals surface area contributed by atoms with Crippen LogP contribution in [0.2, 0.25) is 0 Å². The maximum absolute atomic E-state index is 12.4. The summed E-state index contributed by atoms with van der Waals surface area (Å²) in [5, 5.41) is 11.0. The number of esters is 1. The topological polar surface area (TPSA) is 46.5 Å². The van der Waals surface area contributed by atoms with Gasteiger partial charge in [-0.25, -0.2) is 4.79 Å². The minimum Gasteiger partial charge on any atom is -0.424 e. The molecular formula is C19H18O3. The highest BCUT2D eigenvalue weighted by Gasteiger charge is 2.51. The van der Waals surface area contributed by atoms with E-state index in [1.54, 1.807) is 18.2 Å². The molecule has 0 spiro atoms. The third-order valence-corrected chi connectivity index (χ3v) is 4.09. The van der Waals surface area contributed by atoms with E-state index in [4.69, 9.17) is 4.74 Å². The Kier molecular flexibility index (Phi) is 3.38. The van der Waals surface area contributed by atoms with Gasteiger partial charge in [-0.15, -0.1) is 0 Å². The van der Waals surface area contributed by atoms with E-state index < -0.39 is 17.2 Å². The van der Waals surface area contributed by atoms with Gasteiger partial charge in [0.15, 0.2) is 0 Å². The zero-order valence-corrected chi connectivity index (χ0v) is 12.6. The highest BCUT2D eigenvalue weighted by Crippen LogP contribution is 2.47. The number of aliphatic hydroxyl groups is 1. The summed E-state index contributed by atoms with van der Waals surface area (Å²) in [6.07, 6.45) is 1.79. The number of benzene rings is 2. The summed E-state index contributed by atoms with van der Waals surface area (Å²) < 4.78 is 5.49. The number of hydrogen-bond acceptors (Lipinski definition) is 3. The second-order valence-corrected chi connectivity index (χ2v) is 6.05. The third-order valence-electron chi connectivity index (χ3n) is 4.09. The van der Waals surface area contributed by atoms with Crippen molar-refractivity contribution in [3.8, 4) is 0 Å². The van der Waals surface area contributed by atoms with Crippen LogP contribution in [-0.2, 0) is 15.3 Å². The minimum absolute atomic E-state index is 0.478. The SMILES string of the molecule is CC1(C)C=C(c2ccccc2)C(=O)OC1(O)c1ccccc1. The van der Waals surface area contributed by atoms with Crippen LogP contribution in [0, 0.1) is 5.41 Å². The van der Waals surface area contributed by atoms with E-state index in [1.807, 2.05) is 62.4 Å². The molecule has 0 amide bonds. The molecular weight excluding hydrogens is 276 g/mol. The molecule has 0 aliphatic carbocycles. The first-order valence-electron chi connectivity index (χ1n) is 7.23. The summed E-state index contributed by atoms with van der Waals surface area (Å²) in [4.78, 5) is 12.4. The van der Waals surface area contributed by atoms with Crippen molar-refractivity contribution < 1.29 is 14.6 Å². The predicted octanol–water partition coefficient (Wildman–Crippen LogP) is 3.50. The van der Waals surface area contributed by atoms with E-state index in [1.165, 1.54) is 0 Å². The standard InChI is InChI=1S/C19H18O3/c1-18(2)13-16(14-9-5-3-6-10-14)17(20)22-19(18,21)15-11-7-4-8-12-15/h3-13,21H,1-2H3. The van der Waals surface area contributed by atoms with Crippen LogP contribution >= 0.6 is 0 Å². The van der Waals surface area contributed by atoms with Crippen molar-refractivity contribution >= 4 is 11.5 Å². The van der Waals surface area contributed by atoms with Gasteiger partial charge in [0, 0.05) is 5.56 Å². The van der Waals surface area contributed by atoms with Gasteiger partial charge in [-0.1, -0.05) is 66.7 Å². The van der Waals surface area contributed by atoms with Crippen molar-refractivity contribution in [3.63, 3.8) is 0 Å². The van der Waals surface area contributed by atoms with Gasteiger partial charge in [-0.2, -0.15) is 0 Å². The Hall–Kier alpha value is -2.39. The maximum Gasteiger partial charge on any atom is 0.341 e. The van der Waals surface area contributed by atoms with Gasteiger partial charge < -0.3 is 9.84 Å². The van der Waals surface area contributed by atoms with Gasteiger partial charge in [-0.05, 0) is 19.4 Å². The molecule has 1 atom stereocenters. The molecule has 2 aromatic carbocycles. The zero-order chi connectivity index (χ0) is 15.8. The molecule has 1 unspecified atom stereocenters. The Bertz CT molecular complexity index is 717. The number of carbonyl (C=O) groups is 1. The van der Waals surface area contributed by atoms with Crippen LogP contribution in [0.15, 0.2) is 66.7 Å². The van der Waals surface area contributed by atoms with E-state index >= 15 is 0 Å². The first-order chi connectivity index (χ1) is 10.4. The highest BCUT2D eigenvalue weighted by molar-refractivity contribution is 6.17. The third kappa shape index (κ3) is 2.24. The molecule has 0 saturated heterocycles. The van der Waals surface area contributed by atoms with Gasteiger partial charge in [0.05, 0.1) is 11.0 Å². The normalized spacial score (nSPS) is 23.6. The average Bonchev–Trinajstić information content (AvgIpc) is 2.53. The Balaban J connectivity index is 2.10. The Morgan fingerprint density at radius 1 is 0.909 bits per heavy atom. The predicted molar refractivity (Wildman–Crippen MR) is 84.6 cm³/mol. The summed E-state index contributed by atoms with van der Waals surface area (Å²) in [5.41, 5.74) is 1.08. The van der Waals surface area contributed by atoms with Crippen LogP contribution in [0.1, 0.15) is 25.0 Å². The Labute approximate surface area is 129 Å². The monoisotopic (exact) mass is 294 g/mol. The first-order valence-corrected chi connectivity index (χ1v) is 7.23. The van der Waals surface area contributed by atoms with E-state index in [0.29, 0.717) is 11.1 Å². The lowest BCUT2D eigenvalue weighted by Crippen LogP contribution is -2.48. The molecule has 0 bridgehead atoms. The molecule has 1 aliphatic rings. The smallest absolute Gasteiger partial charge is 0.341 e. The quantitative estimate of drug-likeness (QED) is 0.862. The molecule has 112 valence electrons. The zero-order valence-electron chi connectivity index (χ0n) is 12.6. The number of rotatable bonds is 2. The largest absolute Gasteiger partial charge is 0.424 e. The molecule has 2 aromatic rings. The molecule has 3 heteroatoms. The summed E-state index contributed by atoms with van der Waals surface area (Å²) >= 11 is 0. The average molecular weight is 294 g/mol. The second kappa shape index (κ2) is 5.11. The Morgan fingerprint density at radius 3 is 2.05 bits per heavy atom. The lowest BCUT2D eigenvalue weighted by molar-refractivity contribution is -0.251. The van der Waals surface area contributed by atoms with E-state index in [-0.39, 0.29) is 0 Å². The second-order valence-electron chi connectivity index (χ2n) is 6.05. The Morgan fingerprint density at radius 2 is 1.45 bits per heavy atom.